The van der Waals surface area contributed by atoms with E-state index in [2.05, 4.69) is 4.74 Å². The predicted molar refractivity (Wildman–Crippen MR) is 27.5 cm³/mol. The fraction of sp³-hybridized carbons (Fsp3) is 0.400. The van der Waals surface area contributed by atoms with E-state index in [9.17, 15) is 14.4 Å². The molecule has 0 aliphatic carbocycles. The van der Waals surface area contributed by atoms with Gasteiger partial charge < -0.3 is 4.74 Å². The molecule has 0 rings (SSSR count). The zero-order chi connectivity index (χ0) is 7.44. The summed E-state index contributed by atoms with van der Waals surface area (Å²) in [6.07, 6.45) is 0. The second-order valence-electron chi connectivity index (χ2n) is 1.44. The summed E-state index contributed by atoms with van der Waals surface area (Å²) in [4.78, 5) is 30.2. The van der Waals surface area contributed by atoms with E-state index in [0.29, 0.717) is 0 Å². The summed E-state index contributed by atoms with van der Waals surface area (Å²) in [5.74, 6) is -2.65. The monoisotopic (exact) mass is 325 g/mol. The summed E-state index contributed by atoms with van der Waals surface area (Å²) in [5, 5.41) is 0. The van der Waals surface area contributed by atoms with Crippen molar-refractivity contribution in [1.29, 1.82) is 0 Å². The number of carbonyl (C=O) groups is 3. The Labute approximate surface area is 72.2 Å². The van der Waals surface area contributed by atoms with Crippen LogP contribution in [0.15, 0.2) is 0 Å². The van der Waals surface area contributed by atoms with E-state index < -0.39 is 17.7 Å². The predicted octanol–water partition coefficient (Wildman–Crippen LogP) is -0.337. The molecular formula is C5H6O4Pt+2. The van der Waals surface area contributed by atoms with Gasteiger partial charge in [-0.1, -0.05) is 0 Å². The Balaban J connectivity index is 0. The van der Waals surface area contributed by atoms with E-state index in [0.717, 1.165) is 13.8 Å². The van der Waals surface area contributed by atoms with E-state index in [1.54, 1.807) is 0 Å². The molecule has 58 valence electrons. The third kappa shape index (κ3) is 5.63. The molecule has 0 aliphatic rings. The molecule has 0 heterocycles. The van der Waals surface area contributed by atoms with Gasteiger partial charge in [0.05, 0.1) is 0 Å². The fourth-order valence-electron chi connectivity index (χ4n) is 0.202. The molecule has 0 amide bonds. The molecule has 5 heteroatoms. The minimum absolute atomic E-state index is 0. The number of rotatable bonds is 1. The van der Waals surface area contributed by atoms with Gasteiger partial charge in [0.15, 0.2) is 0 Å². The number of Topliss-reactive ketones (excluding diaryl/α,β-unsaturated/α-hetero) is 1. The Hall–Kier alpha value is -0.502. The van der Waals surface area contributed by atoms with Crippen LogP contribution in [0.25, 0.3) is 0 Å². The Bertz CT molecular complexity index is 163. The van der Waals surface area contributed by atoms with Crippen LogP contribution < -0.4 is 0 Å². The van der Waals surface area contributed by atoms with Crippen molar-refractivity contribution in [2.45, 2.75) is 13.8 Å². The van der Waals surface area contributed by atoms with Crippen LogP contribution in [0.4, 0.5) is 0 Å². The first-order chi connectivity index (χ1) is 4.04. The van der Waals surface area contributed by atoms with Gasteiger partial charge in [0.25, 0.3) is 0 Å². The summed E-state index contributed by atoms with van der Waals surface area (Å²) in [6, 6.07) is 0. The van der Waals surface area contributed by atoms with E-state index in [1.807, 2.05) is 0 Å². The van der Waals surface area contributed by atoms with Crippen molar-refractivity contribution in [2.24, 2.45) is 0 Å². The van der Waals surface area contributed by atoms with Crippen LogP contribution in [0.5, 0.6) is 0 Å². The van der Waals surface area contributed by atoms with E-state index in [4.69, 9.17) is 0 Å². The van der Waals surface area contributed by atoms with E-state index >= 15 is 0 Å². The SMILES string of the molecule is CC(=O)OC(=O)C(C)=O.[Pt+2]. The van der Waals surface area contributed by atoms with Crippen molar-refractivity contribution in [3.05, 3.63) is 0 Å². The average Bonchev–Trinajstić information content (AvgIpc) is 1.63. The molecule has 0 aliphatic heterocycles. The molecule has 0 saturated heterocycles. The molecule has 0 radical (unpaired) electrons. The molecule has 0 aromatic heterocycles. The Kier molecular flexibility index (Phi) is 6.46. The summed E-state index contributed by atoms with van der Waals surface area (Å²) in [6.45, 7) is 2.09. The quantitative estimate of drug-likeness (QED) is 0.376. The molecule has 0 spiro atoms. The standard InChI is InChI=1S/C5H6O4.Pt/c1-3(6)5(8)9-4(2)7;/h1-2H3;/q;+2. The molecule has 0 N–H and O–H groups in total. The third-order valence-electron chi connectivity index (χ3n) is 0.524. The number of esters is 2. The fourth-order valence-corrected chi connectivity index (χ4v) is 0.202. The van der Waals surface area contributed by atoms with Crippen LogP contribution in [-0.2, 0) is 40.2 Å². The Morgan fingerprint density at radius 2 is 1.50 bits per heavy atom. The van der Waals surface area contributed by atoms with Gasteiger partial charge in [0, 0.05) is 13.8 Å². The van der Waals surface area contributed by atoms with Crippen LogP contribution >= 0.6 is 0 Å². The number of ether oxygens (including phenoxy) is 1. The molecular weight excluding hydrogens is 319 g/mol. The van der Waals surface area contributed by atoms with Gasteiger partial charge in [0.2, 0.25) is 5.78 Å². The molecule has 0 saturated carbocycles. The molecule has 0 unspecified atom stereocenters. The maximum Gasteiger partial charge on any atom is 2.00 e. The zero-order valence-electron chi connectivity index (χ0n) is 5.45. The average molecular weight is 325 g/mol. The number of hydrogen-bond donors (Lipinski definition) is 0. The first-order valence-corrected chi connectivity index (χ1v) is 2.27. The van der Waals surface area contributed by atoms with Gasteiger partial charge in [-0.15, -0.1) is 0 Å². The van der Waals surface area contributed by atoms with Crippen LogP contribution in [0.2, 0.25) is 0 Å². The van der Waals surface area contributed by atoms with Crippen molar-refractivity contribution < 1.29 is 40.2 Å². The Morgan fingerprint density at radius 3 is 1.60 bits per heavy atom. The van der Waals surface area contributed by atoms with Crippen molar-refractivity contribution >= 4 is 17.7 Å². The van der Waals surface area contributed by atoms with Crippen molar-refractivity contribution in [3.8, 4) is 0 Å². The third-order valence-corrected chi connectivity index (χ3v) is 0.524. The second-order valence-corrected chi connectivity index (χ2v) is 1.44. The first kappa shape index (κ1) is 12.2. The molecule has 4 nitrogen and oxygen atoms in total. The van der Waals surface area contributed by atoms with Gasteiger partial charge >= 0.3 is 33.0 Å². The maximum absolute atomic E-state index is 10.2. The van der Waals surface area contributed by atoms with Crippen molar-refractivity contribution in [2.75, 3.05) is 0 Å². The van der Waals surface area contributed by atoms with Gasteiger partial charge in [0.1, 0.15) is 0 Å². The summed E-state index contributed by atoms with van der Waals surface area (Å²) in [5.41, 5.74) is 0. The maximum atomic E-state index is 10.2. The van der Waals surface area contributed by atoms with Crippen LogP contribution in [0.3, 0.4) is 0 Å². The van der Waals surface area contributed by atoms with Crippen LogP contribution in [0, 0.1) is 0 Å². The first-order valence-electron chi connectivity index (χ1n) is 2.27. The minimum atomic E-state index is -1.11. The largest absolute Gasteiger partial charge is 2.00 e. The van der Waals surface area contributed by atoms with Crippen molar-refractivity contribution in [1.82, 2.24) is 0 Å². The number of carbonyl (C=O) groups excluding carboxylic acids is 3. The molecule has 0 aromatic rings. The summed E-state index contributed by atoms with van der Waals surface area (Å²) < 4.78 is 3.88. The van der Waals surface area contributed by atoms with Crippen molar-refractivity contribution in [3.63, 3.8) is 0 Å². The molecule has 10 heavy (non-hydrogen) atoms. The van der Waals surface area contributed by atoms with Gasteiger partial charge in [-0.25, -0.2) is 4.79 Å². The molecule has 0 atom stereocenters. The Morgan fingerprint density at radius 1 is 1.10 bits per heavy atom. The number of hydrogen-bond acceptors (Lipinski definition) is 4. The van der Waals surface area contributed by atoms with Gasteiger partial charge in [-0.2, -0.15) is 0 Å². The molecule has 0 aromatic carbocycles. The van der Waals surface area contributed by atoms with Gasteiger partial charge in [-0.05, 0) is 0 Å². The molecule has 0 bridgehead atoms. The van der Waals surface area contributed by atoms with Crippen LogP contribution in [0.1, 0.15) is 13.8 Å². The van der Waals surface area contributed by atoms with E-state index in [-0.39, 0.29) is 21.1 Å². The van der Waals surface area contributed by atoms with Crippen LogP contribution in [-0.4, -0.2) is 17.7 Å². The number of ketones is 1. The topological polar surface area (TPSA) is 60.4 Å². The second kappa shape index (κ2) is 5.30. The zero-order valence-corrected chi connectivity index (χ0v) is 7.72. The minimum Gasteiger partial charge on any atom is -0.387 e. The smallest absolute Gasteiger partial charge is 0.387 e. The van der Waals surface area contributed by atoms with Gasteiger partial charge in [-0.3, -0.25) is 9.59 Å². The molecule has 0 fully saturated rings. The summed E-state index contributed by atoms with van der Waals surface area (Å²) in [7, 11) is 0. The van der Waals surface area contributed by atoms with E-state index in [1.165, 1.54) is 0 Å². The normalized spacial score (nSPS) is 7.40. The summed E-state index contributed by atoms with van der Waals surface area (Å²) >= 11 is 0.